The van der Waals surface area contributed by atoms with Crippen LogP contribution in [0.15, 0.2) is 35.3 Å². The lowest BCUT2D eigenvalue weighted by Gasteiger charge is -2.36. The lowest BCUT2D eigenvalue weighted by molar-refractivity contribution is 0.195. The summed E-state index contributed by atoms with van der Waals surface area (Å²) in [6, 6.07) is 10.5. The Labute approximate surface area is 122 Å². The minimum absolute atomic E-state index is 0.0909. The summed E-state index contributed by atoms with van der Waals surface area (Å²) in [7, 11) is 0. The second kappa shape index (κ2) is 6.78. The lowest BCUT2D eigenvalue weighted by atomic mass is 9.92. The zero-order chi connectivity index (χ0) is 14.4. The molecule has 0 bridgehead atoms. The zero-order valence-electron chi connectivity index (χ0n) is 12.8. The number of aliphatic imine (C=N–C) groups is 1. The summed E-state index contributed by atoms with van der Waals surface area (Å²) in [6.07, 6.45) is 6.35. The number of benzene rings is 1. The van der Waals surface area contributed by atoms with Crippen LogP contribution in [0.4, 0.5) is 0 Å². The molecule has 1 atom stereocenters. The summed E-state index contributed by atoms with van der Waals surface area (Å²) in [5.74, 6) is 0.701. The molecule has 3 heteroatoms. The van der Waals surface area contributed by atoms with Crippen LogP contribution in [0.5, 0.6) is 0 Å². The van der Waals surface area contributed by atoms with Gasteiger partial charge in [-0.05, 0) is 18.9 Å². The topological polar surface area (TPSA) is 41.6 Å². The molecule has 2 rings (SSSR count). The fourth-order valence-corrected chi connectivity index (χ4v) is 2.88. The molecule has 0 saturated heterocycles. The second-order valence-corrected chi connectivity index (χ2v) is 6.05. The van der Waals surface area contributed by atoms with Crippen LogP contribution in [0.25, 0.3) is 0 Å². The summed E-state index contributed by atoms with van der Waals surface area (Å²) in [5, 5.41) is 0. The molecule has 1 aromatic rings. The highest BCUT2D eigenvalue weighted by molar-refractivity contribution is 5.80. The highest BCUT2D eigenvalue weighted by atomic mass is 15.3. The van der Waals surface area contributed by atoms with E-state index in [1.807, 2.05) is 0 Å². The van der Waals surface area contributed by atoms with E-state index in [0.717, 1.165) is 13.1 Å². The second-order valence-electron chi connectivity index (χ2n) is 6.05. The van der Waals surface area contributed by atoms with E-state index in [2.05, 4.69) is 54.1 Å². The zero-order valence-corrected chi connectivity index (χ0v) is 12.8. The van der Waals surface area contributed by atoms with Crippen molar-refractivity contribution in [3.05, 3.63) is 35.9 Å². The molecule has 1 aromatic carbocycles. The largest absolute Gasteiger partial charge is 0.370 e. The number of guanidine groups is 1. The van der Waals surface area contributed by atoms with Gasteiger partial charge in [0.05, 0.1) is 12.1 Å². The maximum absolute atomic E-state index is 6.11. The van der Waals surface area contributed by atoms with Crippen molar-refractivity contribution in [3.63, 3.8) is 0 Å². The van der Waals surface area contributed by atoms with Crippen molar-refractivity contribution in [2.45, 2.75) is 58.0 Å². The van der Waals surface area contributed by atoms with E-state index in [4.69, 9.17) is 5.73 Å². The van der Waals surface area contributed by atoms with Crippen molar-refractivity contribution in [1.29, 1.82) is 0 Å². The van der Waals surface area contributed by atoms with Gasteiger partial charge in [0.1, 0.15) is 0 Å². The average Bonchev–Trinajstić information content (AvgIpc) is 2.74. The molecule has 1 heterocycles. The smallest absolute Gasteiger partial charge is 0.192 e. The van der Waals surface area contributed by atoms with E-state index in [0.29, 0.717) is 5.96 Å². The Hall–Kier alpha value is -1.51. The van der Waals surface area contributed by atoms with Crippen molar-refractivity contribution in [1.82, 2.24) is 4.90 Å². The molecule has 2 N–H and O–H groups in total. The predicted molar refractivity (Wildman–Crippen MR) is 85.6 cm³/mol. The first-order valence-corrected chi connectivity index (χ1v) is 7.77. The Balaban J connectivity index is 1.98. The van der Waals surface area contributed by atoms with Crippen LogP contribution in [0.3, 0.4) is 0 Å². The van der Waals surface area contributed by atoms with Crippen LogP contribution < -0.4 is 5.73 Å². The molecule has 0 aliphatic carbocycles. The summed E-state index contributed by atoms with van der Waals surface area (Å²) in [4.78, 5) is 6.77. The molecule has 1 aliphatic heterocycles. The van der Waals surface area contributed by atoms with Crippen LogP contribution >= 0.6 is 0 Å². The highest BCUT2D eigenvalue weighted by Crippen LogP contribution is 2.29. The summed E-state index contributed by atoms with van der Waals surface area (Å²) in [6.45, 7) is 6.24. The quantitative estimate of drug-likeness (QED) is 0.772. The fraction of sp³-hybridized carbons (Fsp3) is 0.588. The minimum Gasteiger partial charge on any atom is -0.370 e. The first-order chi connectivity index (χ1) is 9.65. The van der Waals surface area contributed by atoms with Crippen LogP contribution in [0.1, 0.15) is 51.5 Å². The molecule has 0 radical (unpaired) electrons. The van der Waals surface area contributed by atoms with Crippen molar-refractivity contribution in [3.8, 4) is 0 Å². The molecular weight excluding hydrogens is 246 g/mol. The molecule has 20 heavy (non-hydrogen) atoms. The van der Waals surface area contributed by atoms with E-state index >= 15 is 0 Å². The molecule has 0 amide bonds. The number of unbranched alkanes of at least 4 members (excludes halogenated alkanes) is 3. The minimum atomic E-state index is 0.0909. The summed E-state index contributed by atoms with van der Waals surface area (Å²) >= 11 is 0. The predicted octanol–water partition coefficient (Wildman–Crippen LogP) is 3.55. The van der Waals surface area contributed by atoms with E-state index in [-0.39, 0.29) is 5.54 Å². The molecule has 1 unspecified atom stereocenters. The fourth-order valence-electron chi connectivity index (χ4n) is 2.88. The molecule has 0 spiro atoms. The number of nitrogens with zero attached hydrogens (tertiary/aromatic N) is 2. The van der Waals surface area contributed by atoms with Gasteiger partial charge in [0.15, 0.2) is 5.96 Å². The summed E-state index contributed by atoms with van der Waals surface area (Å²) in [5.41, 5.74) is 7.50. The third-order valence-corrected chi connectivity index (χ3v) is 4.26. The SMILES string of the molecule is CCCCCCC1(C)CN=C(N)N1Cc1ccccc1. The Kier molecular flexibility index (Phi) is 5.05. The summed E-state index contributed by atoms with van der Waals surface area (Å²) < 4.78 is 0. The van der Waals surface area contributed by atoms with Gasteiger partial charge in [-0.3, -0.25) is 4.99 Å². The number of hydrogen-bond acceptors (Lipinski definition) is 3. The third kappa shape index (κ3) is 3.53. The molecule has 0 saturated carbocycles. The highest BCUT2D eigenvalue weighted by Gasteiger charge is 2.37. The maximum atomic E-state index is 6.11. The standard InChI is InChI=1S/C17H27N3/c1-3-4-5-9-12-17(2)14-19-16(18)20(17)13-15-10-7-6-8-11-15/h6-8,10-11H,3-5,9,12-14H2,1-2H3,(H2,18,19). The van der Waals surface area contributed by atoms with E-state index in [9.17, 15) is 0 Å². The van der Waals surface area contributed by atoms with E-state index < -0.39 is 0 Å². The number of hydrogen-bond donors (Lipinski definition) is 1. The Bertz CT molecular complexity index is 441. The molecular formula is C17H27N3. The monoisotopic (exact) mass is 273 g/mol. The molecule has 0 fully saturated rings. The van der Waals surface area contributed by atoms with Gasteiger partial charge in [-0.25, -0.2) is 0 Å². The van der Waals surface area contributed by atoms with Gasteiger partial charge in [0.25, 0.3) is 0 Å². The van der Waals surface area contributed by atoms with Crippen molar-refractivity contribution < 1.29 is 0 Å². The van der Waals surface area contributed by atoms with Crippen molar-refractivity contribution in [2.24, 2.45) is 10.7 Å². The van der Waals surface area contributed by atoms with Crippen molar-refractivity contribution >= 4 is 5.96 Å². The van der Waals surface area contributed by atoms with Crippen LogP contribution in [0.2, 0.25) is 0 Å². The molecule has 1 aliphatic rings. The van der Waals surface area contributed by atoms with Gasteiger partial charge in [0, 0.05) is 6.54 Å². The average molecular weight is 273 g/mol. The van der Waals surface area contributed by atoms with Gasteiger partial charge in [-0.1, -0.05) is 62.9 Å². The van der Waals surface area contributed by atoms with Gasteiger partial charge in [-0.2, -0.15) is 0 Å². The van der Waals surface area contributed by atoms with Gasteiger partial charge < -0.3 is 10.6 Å². The molecule has 0 aromatic heterocycles. The Morgan fingerprint density at radius 3 is 2.65 bits per heavy atom. The molecule has 3 nitrogen and oxygen atoms in total. The lowest BCUT2D eigenvalue weighted by Crippen LogP contribution is -2.48. The normalized spacial score (nSPS) is 22.1. The van der Waals surface area contributed by atoms with Crippen LogP contribution in [-0.2, 0) is 6.54 Å². The maximum Gasteiger partial charge on any atom is 0.192 e. The first kappa shape index (κ1) is 14.9. The third-order valence-electron chi connectivity index (χ3n) is 4.26. The van der Waals surface area contributed by atoms with Crippen LogP contribution in [0, 0.1) is 0 Å². The van der Waals surface area contributed by atoms with Gasteiger partial charge in [0.2, 0.25) is 0 Å². The number of nitrogens with two attached hydrogens (primary N) is 1. The number of rotatable bonds is 7. The Morgan fingerprint density at radius 1 is 1.20 bits per heavy atom. The van der Waals surface area contributed by atoms with E-state index in [1.165, 1.54) is 37.7 Å². The van der Waals surface area contributed by atoms with Gasteiger partial charge >= 0.3 is 0 Å². The van der Waals surface area contributed by atoms with Crippen LogP contribution in [-0.4, -0.2) is 22.9 Å². The van der Waals surface area contributed by atoms with Gasteiger partial charge in [-0.15, -0.1) is 0 Å². The van der Waals surface area contributed by atoms with Crippen molar-refractivity contribution in [2.75, 3.05) is 6.54 Å². The Morgan fingerprint density at radius 2 is 1.95 bits per heavy atom. The molecule has 110 valence electrons. The van der Waals surface area contributed by atoms with E-state index in [1.54, 1.807) is 0 Å². The first-order valence-electron chi connectivity index (χ1n) is 7.77.